The molecule has 1 aromatic carbocycles. The van der Waals surface area contributed by atoms with Gasteiger partial charge >= 0.3 is 6.01 Å². The molecule has 0 aliphatic heterocycles. The Morgan fingerprint density at radius 1 is 1.20 bits per heavy atom. The van der Waals surface area contributed by atoms with Crippen LogP contribution in [0.4, 0.5) is 5.95 Å². The SMILES string of the molecule is CCOc1nc(NC)nc(-c2cc(C)ccc2OC)n1. The van der Waals surface area contributed by atoms with E-state index in [4.69, 9.17) is 9.47 Å². The summed E-state index contributed by atoms with van der Waals surface area (Å²) < 4.78 is 10.7. The van der Waals surface area contributed by atoms with Gasteiger partial charge in [-0.2, -0.15) is 15.0 Å². The Morgan fingerprint density at radius 3 is 2.65 bits per heavy atom. The van der Waals surface area contributed by atoms with E-state index in [-0.39, 0.29) is 0 Å². The molecule has 2 aromatic rings. The van der Waals surface area contributed by atoms with E-state index >= 15 is 0 Å². The van der Waals surface area contributed by atoms with Crippen molar-refractivity contribution in [3.05, 3.63) is 23.8 Å². The lowest BCUT2D eigenvalue weighted by atomic mass is 10.1. The van der Waals surface area contributed by atoms with E-state index in [1.165, 1.54) is 0 Å². The van der Waals surface area contributed by atoms with E-state index in [0.717, 1.165) is 11.1 Å². The molecule has 0 amide bonds. The Morgan fingerprint density at radius 2 is 2.00 bits per heavy atom. The van der Waals surface area contributed by atoms with Crippen LogP contribution in [0.5, 0.6) is 11.8 Å². The molecule has 0 saturated heterocycles. The normalized spacial score (nSPS) is 10.2. The highest BCUT2D eigenvalue weighted by Gasteiger charge is 2.13. The van der Waals surface area contributed by atoms with Crippen LogP contribution < -0.4 is 14.8 Å². The number of benzene rings is 1. The lowest BCUT2D eigenvalue weighted by Gasteiger charge is -2.10. The summed E-state index contributed by atoms with van der Waals surface area (Å²) in [5.41, 5.74) is 1.91. The summed E-state index contributed by atoms with van der Waals surface area (Å²) in [7, 11) is 3.38. The van der Waals surface area contributed by atoms with Crippen LogP contribution in [0.1, 0.15) is 12.5 Å². The zero-order valence-electron chi connectivity index (χ0n) is 12.1. The fourth-order valence-electron chi connectivity index (χ4n) is 1.78. The first-order valence-electron chi connectivity index (χ1n) is 6.39. The quantitative estimate of drug-likeness (QED) is 0.902. The number of ether oxygens (including phenoxy) is 2. The molecule has 0 aliphatic rings. The van der Waals surface area contributed by atoms with Crippen LogP contribution in [-0.2, 0) is 0 Å². The maximum Gasteiger partial charge on any atom is 0.321 e. The second-order valence-corrected chi connectivity index (χ2v) is 4.15. The number of nitrogens with zero attached hydrogens (tertiary/aromatic N) is 3. The van der Waals surface area contributed by atoms with Crippen LogP contribution in [0.15, 0.2) is 18.2 Å². The van der Waals surface area contributed by atoms with Gasteiger partial charge in [-0.15, -0.1) is 0 Å². The van der Waals surface area contributed by atoms with Crippen LogP contribution >= 0.6 is 0 Å². The number of nitrogens with one attached hydrogen (secondary N) is 1. The minimum Gasteiger partial charge on any atom is -0.496 e. The van der Waals surface area contributed by atoms with Crippen molar-refractivity contribution in [2.45, 2.75) is 13.8 Å². The standard InChI is InChI=1S/C14H18N4O2/c1-5-20-14-17-12(16-13(15-3)18-14)10-8-9(2)6-7-11(10)19-4/h6-8H,5H2,1-4H3,(H,15,16,17,18). The van der Waals surface area contributed by atoms with Crippen molar-refractivity contribution >= 4 is 5.95 Å². The van der Waals surface area contributed by atoms with Gasteiger partial charge in [0.2, 0.25) is 5.95 Å². The molecule has 6 nitrogen and oxygen atoms in total. The number of methoxy groups -OCH3 is 1. The Labute approximate surface area is 118 Å². The second-order valence-electron chi connectivity index (χ2n) is 4.15. The molecule has 0 fully saturated rings. The number of aryl methyl sites for hydroxylation is 1. The minimum atomic E-state index is 0.297. The first-order chi connectivity index (χ1) is 9.67. The molecular formula is C14H18N4O2. The highest BCUT2D eigenvalue weighted by Crippen LogP contribution is 2.29. The molecule has 0 atom stereocenters. The maximum atomic E-state index is 5.37. The summed E-state index contributed by atoms with van der Waals surface area (Å²) in [6.07, 6.45) is 0. The molecule has 1 heterocycles. The van der Waals surface area contributed by atoms with Gasteiger partial charge in [0.05, 0.1) is 19.3 Å². The third kappa shape index (κ3) is 2.96. The summed E-state index contributed by atoms with van der Waals surface area (Å²) in [5.74, 6) is 1.70. The van der Waals surface area contributed by atoms with Crippen LogP contribution in [0.25, 0.3) is 11.4 Å². The predicted molar refractivity (Wildman–Crippen MR) is 77.3 cm³/mol. The number of hydrogen-bond acceptors (Lipinski definition) is 6. The average molecular weight is 274 g/mol. The summed E-state index contributed by atoms with van der Waals surface area (Å²) in [6, 6.07) is 6.15. The predicted octanol–water partition coefficient (Wildman–Crippen LogP) is 2.30. The van der Waals surface area contributed by atoms with Crippen molar-refractivity contribution in [3.8, 4) is 23.1 Å². The van der Waals surface area contributed by atoms with E-state index in [0.29, 0.717) is 30.1 Å². The van der Waals surface area contributed by atoms with Crippen LogP contribution in [0, 0.1) is 6.92 Å². The third-order valence-electron chi connectivity index (χ3n) is 2.71. The molecule has 106 valence electrons. The van der Waals surface area contributed by atoms with E-state index in [2.05, 4.69) is 20.3 Å². The van der Waals surface area contributed by atoms with Gasteiger partial charge in [0.15, 0.2) is 5.82 Å². The lowest BCUT2D eigenvalue weighted by molar-refractivity contribution is 0.312. The van der Waals surface area contributed by atoms with E-state index in [1.54, 1.807) is 14.2 Å². The third-order valence-corrected chi connectivity index (χ3v) is 2.71. The highest BCUT2D eigenvalue weighted by atomic mass is 16.5. The Balaban J connectivity index is 2.56. The van der Waals surface area contributed by atoms with Gasteiger partial charge in [-0.05, 0) is 26.0 Å². The van der Waals surface area contributed by atoms with Crippen molar-refractivity contribution in [2.24, 2.45) is 0 Å². The topological polar surface area (TPSA) is 69.2 Å². The Hall–Kier alpha value is -2.37. The molecule has 0 unspecified atom stereocenters. The van der Waals surface area contributed by atoms with Crippen molar-refractivity contribution in [1.29, 1.82) is 0 Å². The van der Waals surface area contributed by atoms with Crippen molar-refractivity contribution in [2.75, 3.05) is 26.1 Å². The monoisotopic (exact) mass is 274 g/mol. The summed E-state index contributed by atoms with van der Waals surface area (Å²) >= 11 is 0. The first kappa shape index (κ1) is 14.0. The second kappa shape index (κ2) is 6.18. The van der Waals surface area contributed by atoms with Crippen LogP contribution in [0.2, 0.25) is 0 Å². The lowest BCUT2D eigenvalue weighted by Crippen LogP contribution is -2.05. The van der Waals surface area contributed by atoms with Gasteiger partial charge in [-0.1, -0.05) is 11.6 Å². The zero-order valence-corrected chi connectivity index (χ0v) is 12.1. The number of anilines is 1. The van der Waals surface area contributed by atoms with Crippen LogP contribution in [-0.4, -0.2) is 35.7 Å². The molecule has 0 saturated carbocycles. The van der Waals surface area contributed by atoms with E-state index in [9.17, 15) is 0 Å². The molecule has 1 N–H and O–H groups in total. The summed E-state index contributed by atoms with van der Waals surface area (Å²) in [5, 5.41) is 2.90. The van der Waals surface area contributed by atoms with Crippen molar-refractivity contribution in [1.82, 2.24) is 15.0 Å². The minimum absolute atomic E-state index is 0.297. The molecule has 20 heavy (non-hydrogen) atoms. The molecule has 0 aliphatic carbocycles. The highest BCUT2D eigenvalue weighted by molar-refractivity contribution is 5.66. The number of rotatable bonds is 5. The summed E-state index contributed by atoms with van der Waals surface area (Å²) in [6.45, 7) is 4.39. The van der Waals surface area contributed by atoms with Gasteiger partial charge in [0.1, 0.15) is 5.75 Å². The fourth-order valence-corrected chi connectivity index (χ4v) is 1.78. The molecule has 0 bridgehead atoms. The zero-order chi connectivity index (χ0) is 14.5. The number of hydrogen-bond donors (Lipinski definition) is 1. The molecule has 2 rings (SSSR count). The Bertz CT molecular complexity index is 602. The molecule has 0 radical (unpaired) electrons. The van der Waals surface area contributed by atoms with Gasteiger partial charge in [-0.3, -0.25) is 0 Å². The molecule has 0 spiro atoms. The van der Waals surface area contributed by atoms with Gasteiger partial charge in [0.25, 0.3) is 0 Å². The first-order valence-corrected chi connectivity index (χ1v) is 6.39. The van der Waals surface area contributed by atoms with E-state index < -0.39 is 0 Å². The molecule has 6 heteroatoms. The Kier molecular flexibility index (Phi) is 4.34. The van der Waals surface area contributed by atoms with Gasteiger partial charge in [0, 0.05) is 7.05 Å². The average Bonchev–Trinajstić information content (AvgIpc) is 2.47. The van der Waals surface area contributed by atoms with E-state index in [1.807, 2.05) is 32.0 Å². The molecule has 1 aromatic heterocycles. The van der Waals surface area contributed by atoms with Gasteiger partial charge < -0.3 is 14.8 Å². The fraction of sp³-hybridized carbons (Fsp3) is 0.357. The smallest absolute Gasteiger partial charge is 0.321 e. The van der Waals surface area contributed by atoms with Gasteiger partial charge in [-0.25, -0.2) is 0 Å². The number of aromatic nitrogens is 3. The maximum absolute atomic E-state index is 5.37. The van der Waals surface area contributed by atoms with Crippen LogP contribution in [0.3, 0.4) is 0 Å². The van der Waals surface area contributed by atoms with Crippen molar-refractivity contribution in [3.63, 3.8) is 0 Å². The largest absolute Gasteiger partial charge is 0.496 e. The molecular weight excluding hydrogens is 256 g/mol. The summed E-state index contributed by atoms with van der Waals surface area (Å²) in [4.78, 5) is 12.8. The van der Waals surface area contributed by atoms with Crippen molar-refractivity contribution < 1.29 is 9.47 Å².